The summed E-state index contributed by atoms with van der Waals surface area (Å²) in [4.78, 5) is -0.0900. The Bertz CT molecular complexity index is 1550. The van der Waals surface area contributed by atoms with Crippen LogP contribution >= 0.6 is 0 Å². The van der Waals surface area contributed by atoms with Crippen molar-refractivity contribution < 1.29 is 17.2 Å². The van der Waals surface area contributed by atoms with E-state index in [2.05, 4.69) is 15.0 Å². The Morgan fingerprint density at radius 1 is 0.941 bits per heavy atom. The summed E-state index contributed by atoms with van der Waals surface area (Å²) in [6.45, 7) is 1.97. The van der Waals surface area contributed by atoms with Crippen molar-refractivity contribution in [1.82, 2.24) is 5.32 Å². The number of fused-ring (bicyclic) bond motifs is 2. The normalized spacial score (nSPS) is 15.2. The molecular weight excluding hydrogens is 456 g/mol. The predicted octanol–water partition coefficient (Wildman–Crippen LogP) is 5.53. The van der Waals surface area contributed by atoms with Gasteiger partial charge in [-0.3, -0.25) is 0 Å². The van der Waals surface area contributed by atoms with Crippen LogP contribution in [-0.2, 0) is 16.6 Å². The molecule has 0 radical (unpaired) electrons. The Morgan fingerprint density at radius 3 is 2.53 bits per heavy atom. The summed E-state index contributed by atoms with van der Waals surface area (Å²) >= 11 is 0. The van der Waals surface area contributed by atoms with Crippen LogP contribution in [0.15, 0.2) is 88.2 Å². The molecule has 0 fully saturated rings. The Kier molecular flexibility index (Phi) is 5.53. The first-order valence-corrected chi connectivity index (χ1v) is 12.2. The zero-order chi connectivity index (χ0) is 23.9. The largest absolute Gasteiger partial charge is 0.351 e. The monoisotopic (exact) mass is 477 g/mol. The highest BCUT2D eigenvalue weighted by Crippen LogP contribution is 2.39. The number of nitrogens with one attached hydrogen (secondary N) is 2. The molecule has 0 bridgehead atoms. The molecule has 5 nitrogen and oxygen atoms in total. The van der Waals surface area contributed by atoms with Gasteiger partial charge in [0.1, 0.15) is 16.5 Å². The smallest absolute Gasteiger partial charge is 0.287 e. The summed E-state index contributed by atoms with van der Waals surface area (Å²) in [6.07, 6.45) is 0. The quantitative estimate of drug-likeness (QED) is 0.406. The Morgan fingerprint density at radius 2 is 1.74 bits per heavy atom. The predicted molar refractivity (Wildman–Crippen MR) is 129 cm³/mol. The maximum atomic E-state index is 15.2. The third-order valence-corrected chi connectivity index (χ3v) is 7.26. The first-order chi connectivity index (χ1) is 16.3. The van der Waals surface area contributed by atoms with Gasteiger partial charge in [0.05, 0.1) is 5.69 Å². The van der Waals surface area contributed by atoms with Crippen LogP contribution in [0.25, 0.3) is 10.8 Å². The molecule has 4 aromatic rings. The summed E-state index contributed by atoms with van der Waals surface area (Å²) in [5, 5.41) is 7.91. The van der Waals surface area contributed by atoms with Gasteiger partial charge < -0.3 is 10.6 Å². The van der Waals surface area contributed by atoms with Gasteiger partial charge in [-0.25, -0.2) is 8.78 Å². The number of hydrogen-bond acceptors (Lipinski definition) is 4. The van der Waals surface area contributed by atoms with Crippen molar-refractivity contribution in [3.05, 3.63) is 107 Å². The summed E-state index contributed by atoms with van der Waals surface area (Å²) in [5.41, 5.74) is 1.84. The van der Waals surface area contributed by atoms with Crippen LogP contribution in [0.1, 0.15) is 29.5 Å². The molecule has 0 unspecified atom stereocenters. The van der Waals surface area contributed by atoms with Crippen molar-refractivity contribution in [2.75, 3.05) is 5.32 Å². The van der Waals surface area contributed by atoms with Crippen LogP contribution in [0.5, 0.6) is 0 Å². The number of benzene rings is 4. The molecule has 0 saturated heterocycles. The molecule has 1 heterocycles. The molecule has 1 atom stereocenters. The van der Waals surface area contributed by atoms with Crippen LogP contribution in [-0.4, -0.2) is 14.4 Å². The van der Waals surface area contributed by atoms with E-state index in [4.69, 9.17) is 0 Å². The minimum absolute atomic E-state index is 0.0469. The number of sulfonamides is 1. The topological polar surface area (TPSA) is 70.6 Å². The van der Waals surface area contributed by atoms with Crippen LogP contribution in [0, 0.1) is 11.6 Å². The molecule has 0 spiro atoms. The summed E-state index contributed by atoms with van der Waals surface area (Å²) in [7, 11) is -4.07. The third-order valence-electron chi connectivity index (χ3n) is 5.94. The van der Waals surface area contributed by atoms with Crippen molar-refractivity contribution in [2.45, 2.75) is 24.3 Å². The minimum Gasteiger partial charge on any atom is -0.351 e. The lowest BCUT2D eigenvalue weighted by Crippen LogP contribution is -2.35. The van der Waals surface area contributed by atoms with Gasteiger partial charge in [0, 0.05) is 18.0 Å². The molecule has 34 heavy (non-hydrogen) atoms. The number of rotatable bonds is 4. The van der Waals surface area contributed by atoms with E-state index in [1.54, 1.807) is 12.1 Å². The lowest BCUT2D eigenvalue weighted by atomic mass is 9.90. The lowest BCUT2D eigenvalue weighted by molar-refractivity contribution is 0.591. The number of nitrogens with zero attached hydrogens (tertiary/aromatic N) is 1. The zero-order valence-electron chi connectivity index (χ0n) is 18.2. The van der Waals surface area contributed by atoms with E-state index in [0.29, 0.717) is 5.56 Å². The van der Waals surface area contributed by atoms with Crippen molar-refractivity contribution in [3.63, 3.8) is 0 Å². The van der Waals surface area contributed by atoms with Gasteiger partial charge in [0.2, 0.25) is 5.96 Å². The molecule has 0 amide bonds. The van der Waals surface area contributed by atoms with Crippen molar-refractivity contribution in [2.24, 2.45) is 4.40 Å². The fraction of sp³-hybridized carbons (Fsp3) is 0.115. The second-order valence-electron chi connectivity index (χ2n) is 8.19. The van der Waals surface area contributed by atoms with Crippen molar-refractivity contribution in [3.8, 4) is 0 Å². The van der Waals surface area contributed by atoms with E-state index in [1.165, 1.54) is 18.2 Å². The van der Waals surface area contributed by atoms with E-state index in [0.717, 1.165) is 22.4 Å². The SMILES string of the molecule is C[C@H](c1ccc2ccccc2c1)c1c(F)ccc2c1NC(NCc1cccc(F)c1)=NS2(=O)=O. The van der Waals surface area contributed by atoms with Crippen LogP contribution in [0.3, 0.4) is 0 Å². The average molecular weight is 478 g/mol. The number of hydrogen-bond donors (Lipinski definition) is 2. The summed E-state index contributed by atoms with van der Waals surface area (Å²) in [6, 6.07) is 22.0. The Labute approximate surface area is 196 Å². The molecule has 0 aromatic heterocycles. The van der Waals surface area contributed by atoms with Gasteiger partial charge in [0.25, 0.3) is 10.0 Å². The second kappa shape index (κ2) is 8.53. The molecule has 5 rings (SSSR count). The van der Waals surface area contributed by atoms with Gasteiger partial charge in [-0.1, -0.05) is 61.5 Å². The molecular formula is C26H21F2N3O2S. The molecule has 4 aromatic carbocycles. The standard InChI is InChI=1S/C26H21F2N3O2S/c1-16(19-10-9-18-6-2-3-7-20(18)14-19)24-22(28)11-12-23-25(24)30-26(31-34(23,32)33)29-15-17-5-4-8-21(27)13-17/h2-14,16H,15H2,1H3,(H2,29,30,31)/t16-/m1/s1. The zero-order valence-corrected chi connectivity index (χ0v) is 19.0. The fourth-order valence-electron chi connectivity index (χ4n) is 4.20. The Balaban J connectivity index is 1.52. The first-order valence-electron chi connectivity index (χ1n) is 10.7. The first kappa shape index (κ1) is 22.0. The van der Waals surface area contributed by atoms with Crippen molar-refractivity contribution in [1.29, 1.82) is 0 Å². The van der Waals surface area contributed by atoms with E-state index in [-0.39, 0.29) is 28.7 Å². The molecule has 0 saturated carbocycles. The maximum Gasteiger partial charge on any atom is 0.287 e. The van der Waals surface area contributed by atoms with Gasteiger partial charge in [-0.15, -0.1) is 4.40 Å². The van der Waals surface area contributed by atoms with Gasteiger partial charge in [-0.2, -0.15) is 8.42 Å². The maximum absolute atomic E-state index is 15.2. The fourth-order valence-corrected chi connectivity index (χ4v) is 5.31. The van der Waals surface area contributed by atoms with E-state index >= 15 is 4.39 Å². The second-order valence-corrected chi connectivity index (χ2v) is 9.76. The highest BCUT2D eigenvalue weighted by Gasteiger charge is 2.31. The molecule has 1 aliphatic rings. The Hall–Kier alpha value is -3.78. The highest BCUT2D eigenvalue weighted by atomic mass is 32.2. The molecule has 2 N–H and O–H groups in total. The van der Waals surface area contributed by atoms with Crippen LogP contribution < -0.4 is 10.6 Å². The van der Waals surface area contributed by atoms with E-state index in [1.807, 2.05) is 49.4 Å². The van der Waals surface area contributed by atoms with Gasteiger partial charge in [0.15, 0.2) is 0 Å². The van der Waals surface area contributed by atoms with Crippen LogP contribution in [0.2, 0.25) is 0 Å². The molecule has 172 valence electrons. The van der Waals surface area contributed by atoms with Gasteiger partial charge in [-0.05, 0) is 46.2 Å². The van der Waals surface area contributed by atoms with Gasteiger partial charge >= 0.3 is 0 Å². The average Bonchev–Trinajstić information content (AvgIpc) is 2.81. The van der Waals surface area contributed by atoms with E-state index in [9.17, 15) is 12.8 Å². The van der Waals surface area contributed by atoms with Crippen LogP contribution in [0.4, 0.5) is 14.5 Å². The summed E-state index contributed by atoms with van der Waals surface area (Å²) in [5.74, 6) is -1.41. The molecule has 8 heteroatoms. The van der Waals surface area contributed by atoms with E-state index < -0.39 is 27.6 Å². The number of guanidine groups is 1. The molecule has 1 aliphatic heterocycles. The number of anilines is 1. The number of halogens is 2. The summed E-state index contributed by atoms with van der Waals surface area (Å²) < 4.78 is 58.2. The molecule has 0 aliphatic carbocycles. The minimum atomic E-state index is -4.07. The highest BCUT2D eigenvalue weighted by molar-refractivity contribution is 7.90. The van der Waals surface area contributed by atoms with Crippen molar-refractivity contribution >= 4 is 32.4 Å². The lowest BCUT2D eigenvalue weighted by Gasteiger charge is -2.25. The third kappa shape index (κ3) is 4.12.